The van der Waals surface area contributed by atoms with E-state index in [9.17, 15) is 0 Å². The molecule has 0 aliphatic heterocycles. The summed E-state index contributed by atoms with van der Waals surface area (Å²) in [5.41, 5.74) is 1.44. The molecule has 1 aromatic carbocycles. The van der Waals surface area contributed by atoms with Crippen molar-refractivity contribution in [2.75, 3.05) is 0 Å². The first-order chi connectivity index (χ1) is 7.89. The van der Waals surface area contributed by atoms with Crippen molar-refractivity contribution in [2.45, 2.75) is 29.8 Å². The molecule has 1 aliphatic carbocycles. The molecule has 108 valence electrons. The van der Waals surface area contributed by atoms with Gasteiger partial charge in [-0.3, -0.25) is 0 Å². The Bertz CT molecular complexity index is 449. The van der Waals surface area contributed by atoms with Gasteiger partial charge in [-0.2, -0.15) is 0 Å². The van der Waals surface area contributed by atoms with Gasteiger partial charge < -0.3 is 37.2 Å². The van der Waals surface area contributed by atoms with E-state index in [1.165, 1.54) is 5.56 Å². The molecule has 0 amide bonds. The molecule has 1 aromatic rings. The van der Waals surface area contributed by atoms with Crippen molar-refractivity contribution in [1.29, 1.82) is 0 Å². The number of halogens is 3. The van der Waals surface area contributed by atoms with E-state index < -0.39 is 8.07 Å². The van der Waals surface area contributed by atoms with Crippen LogP contribution in [0.3, 0.4) is 0 Å². The molecule has 5 heteroatoms. The number of hydrogen-bond donors (Lipinski definition) is 0. The molecule has 2 rings (SSSR count). The topological polar surface area (TPSA) is 0 Å². The van der Waals surface area contributed by atoms with Gasteiger partial charge in [0.05, 0.1) is 0 Å². The largest absolute Gasteiger partial charge is 1.00 e. The summed E-state index contributed by atoms with van der Waals surface area (Å²) in [4.78, 5) is 0. The number of hydrogen-bond acceptors (Lipinski definition) is 0. The van der Waals surface area contributed by atoms with E-state index in [0.29, 0.717) is 0 Å². The zero-order chi connectivity index (χ0) is 12.5. The van der Waals surface area contributed by atoms with Gasteiger partial charge in [-0.1, -0.05) is 0 Å². The second-order valence-electron chi connectivity index (χ2n) is 5.88. The average Bonchev–Trinajstić information content (AvgIpc) is 2.64. The Kier molecular flexibility index (Phi) is 10.1. The van der Waals surface area contributed by atoms with Crippen molar-refractivity contribution in [3.8, 4) is 0 Å². The summed E-state index contributed by atoms with van der Waals surface area (Å²) in [7, 11) is -1.15. The van der Waals surface area contributed by atoms with E-state index in [2.05, 4.69) is 88.6 Å². The molecule has 0 saturated heterocycles. The molecular weight excluding hydrogens is 362 g/mol. The minimum Gasteiger partial charge on any atom is -1.00 e. The maximum atomic E-state index is 2.39. The van der Waals surface area contributed by atoms with Crippen LogP contribution in [0.5, 0.6) is 0 Å². The number of rotatable bonds is 3. The Morgan fingerprint density at radius 2 is 1.35 bits per heavy atom. The predicted octanol–water partition coefficient (Wildman–Crippen LogP) is -5.38. The fourth-order valence-electron chi connectivity index (χ4n) is 2.09. The van der Waals surface area contributed by atoms with Crippen LogP contribution in [0.2, 0.25) is 23.4 Å². The molecule has 0 radical (unpaired) electrons. The molecule has 0 bridgehead atoms. The molecule has 0 saturated carbocycles. The first-order valence-corrected chi connectivity index (χ1v) is 10.4. The second kappa shape index (κ2) is 8.83. The van der Waals surface area contributed by atoms with Gasteiger partial charge in [0.25, 0.3) is 0 Å². The monoisotopic (exact) mass is 380 g/mol. The number of allylic oxidation sites excluding steroid dienone is 4. The van der Waals surface area contributed by atoms with Crippen molar-refractivity contribution in [2.24, 2.45) is 0 Å². The van der Waals surface area contributed by atoms with Crippen LogP contribution >= 0.6 is 0 Å². The molecule has 0 fully saturated rings. The summed E-state index contributed by atoms with van der Waals surface area (Å²) in [6.07, 6.45) is 9.98. The number of benzene rings is 1. The van der Waals surface area contributed by atoms with E-state index in [0.717, 1.165) is 6.42 Å². The molecule has 0 heterocycles. The third kappa shape index (κ3) is 6.09. The minimum atomic E-state index is -1.15. The molecule has 0 N–H and O–H groups in total. The standard InChI is InChI=1S/C15H19Si.3ClH.Ti/c1-16(2,3)15-10-8-14(9-11-15)12-13-6-4-5-7-13;;;;/h4-11H,12H2,1-3H3;3*1H;/q;;;;+3/p-3. The molecular formula is C15H19Cl3SiTi. The predicted molar refractivity (Wildman–Crippen MR) is 74.1 cm³/mol. The zero-order valence-corrected chi connectivity index (χ0v) is 16.8. The second-order valence-corrected chi connectivity index (χ2v) is 12.4. The van der Waals surface area contributed by atoms with E-state index in [1.54, 1.807) is 5.19 Å². The van der Waals surface area contributed by atoms with Crippen LogP contribution in [0.1, 0.15) is 5.56 Å². The fraction of sp³-hybridized carbons (Fsp3) is 0.333. The molecule has 0 unspecified atom stereocenters. The fourth-order valence-corrected chi connectivity index (χ4v) is 3.87. The van der Waals surface area contributed by atoms with Crippen LogP contribution in [0.4, 0.5) is 0 Å². The summed E-state index contributed by atoms with van der Waals surface area (Å²) in [5.74, 6) is 0. The summed E-state index contributed by atoms with van der Waals surface area (Å²) in [6.45, 7) is 7.18. The van der Waals surface area contributed by atoms with Crippen LogP contribution in [0.15, 0.2) is 48.6 Å². The molecule has 20 heavy (non-hydrogen) atoms. The van der Waals surface area contributed by atoms with Crippen molar-refractivity contribution in [3.05, 3.63) is 54.1 Å². The Morgan fingerprint density at radius 1 is 0.900 bits per heavy atom. The SMILES string of the molecule is C[Si](C)(C)c1ccc(C[C]2([Ti+3])C=CC=C2)cc1.[Cl-].[Cl-].[Cl-]. The minimum absolute atomic E-state index is 0. The summed E-state index contributed by atoms with van der Waals surface area (Å²) >= 11 is 2.29. The van der Waals surface area contributed by atoms with Crippen LogP contribution < -0.4 is 42.4 Å². The molecule has 1 aliphatic rings. The first-order valence-electron chi connectivity index (χ1n) is 6.11. The third-order valence-electron chi connectivity index (χ3n) is 3.21. The van der Waals surface area contributed by atoms with Crippen molar-refractivity contribution in [3.63, 3.8) is 0 Å². The Balaban J connectivity index is 0. The zero-order valence-electron chi connectivity index (χ0n) is 12.0. The summed E-state index contributed by atoms with van der Waals surface area (Å²) < 4.78 is 0.223. The van der Waals surface area contributed by atoms with E-state index in [-0.39, 0.29) is 40.9 Å². The van der Waals surface area contributed by atoms with Crippen molar-refractivity contribution >= 4 is 13.3 Å². The summed E-state index contributed by atoms with van der Waals surface area (Å²) in [6, 6.07) is 9.26. The van der Waals surface area contributed by atoms with Gasteiger partial charge in [0.15, 0.2) is 0 Å². The van der Waals surface area contributed by atoms with E-state index in [1.807, 2.05) is 0 Å². The smallest absolute Gasteiger partial charge is 1.00 e. The van der Waals surface area contributed by atoms with Crippen molar-refractivity contribution < 1.29 is 57.7 Å². The average molecular weight is 382 g/mol. The van der Waals surface area contributed by atoms with Gasteiger partial charge in [0, 0.05) is 0 Å². The van der Waals surface area contributed by atoms with Gasteiger partial charge in [0.1, 0.15) is 0 Å². The normalized spacial score (nSPS) is 15.1. The van der Waals surface area contributed by atoms with Gasteiger partial charge in [0.2, 0.25) is 0 Å². The Hall–Kier alpha value is 0.501. The molecule has 0 nitrogen and oxygen atoms in total. The molecule has 0 aromatic heterocycles. The van der Waals surface area contributed by atoms with E-state index >= 15 is 0 Å². The van der Waals surface area contributed by atoms with Gasteiger partial charge >= 0.3 is 118 Å². The Morgan fingerprint density at radius 3 is 1.75 bits per heavy atom. The van der Waals surface area contributed by atoms with Crippen LogP contribution in [-0.4, -0.2) is 8.07 Å². The van der Waals surface area contributed by atoms with Crippen molar-refractivity contribution in [1.82, 2.24) is 0 Å². The quantitative estimate of drug-likeness (QED) is 0.459. The maximum absolute atomic E-state index is 2.39. The van der Waals surface area contributed by atoms with E-state index in [4.69, 9.17) is 0 Å². The summed E-state index contributed by atoms with van der Waals surface area (Å²) in [5, 5.41) is 1.55. The first kappa shape index (κ1) is 22.8. The maximum Gasteiger partial charge on any atom is -1.00 e. The third-order valence-corrected chi connectivity index (χ3v) is 6.08. The van der Waals surface area contributed by atoms with Gasteiger partial charge in [-0.15, -0.1) is 0 Å². The van der Waals surface area contributed by atoms with Gasteiger partial charge in [-0.05, 0) is 0 Å². The molecule has 0 atom stereocenters. The molecule has 0 spiro atoms. The van der Waals surface area contributed by atoms with Crippen LogP contribution in [-0.2, 0) is 26.9 Å². The van der Waals surface area contributed by atoms with Crippen LogP contribution in [0.25, 0.3) is 0 Å². The van der Waals surface area contributed by atoms with Crippen LogP contribution in [0, 0.1) is 0 Å². The van der Waals surface area contributed by atoms with Gasteiger partial charge in [-0.25, -0.2) is 0 Å². The Labute approximate surface area is 154 Å².